The fourth-order valence-corrected chi connectivity index (χ4v) is 11.8. The topological polar surface area (TPSA) is 290 Å². The van der Waals surface area contributed by atoms with Gasteiger partial charge in [-0.05, 0) is 118 Å². The van der Waals surface area contributed by atoms with Crippen molar-refractivity contribution in [2.45, 2.75) is 118 Å². The molecule has 17 nitrogen and oxygen atoms in total. The highest BCUT2D eigenvalue weighted by atomic mass is 16.2. The zero-order valence-corrected chi connectivity index (χ0v) is 36.5. The van der Waals surface area contributed by atoms with Gasteiger partial charge in [0, 0.05) is 0 Å². The molecule has 0 aliphatic rings. The van der Waals surface area contributed by atoms with Crippen molar-refractivity contribution in [2.75, 3.05) is 0 Å². The van der Waals surface area contributed by atoms with Crippen molar-refractivity contribution < 1.29 is 81.5 Å². The molecule has 0 N–H and O–H groups in total. The minimum atomic E-state index is -4.64. The molecule has 0 aliphatic carbocycles. The fourth-order valence-electron chi connectivity index (χ4n) is 11.8. The Morgan fingerprint density at radius 3 is 0.525 bits per heavy atom. The van der Waals surface area contributed by atoms with Gasteiger partial charge in [0.25, 0.3) is 0 Å². The lowest BCUT2D eigenvalue weighted by Crippen LogP contribution is -2.86. The van der Waals surface area contributed by atoms with Gasteiger partial charge in [-0.3, -0.25) is 81.5 Å². The van der Waals surface area contributed by atoms with E-state index in [1.807, 2.05) is 0 Å². The summed E-state index contributed by atoms with van der Waals surface area (Å²) in [7, 11) is 0. The normalized spacial score (nSPS) is 12.8. The highest BCUT2D eigenvalue weighted by Crippen LogP contribution is 2.74. The maximum absolute atomic E-state index is 15.3. The Kier molecular flexibility index (Phi) is 15.3. The van der Waals surface area contributed by atoms with Crippen molar-refractivity contribution in [3.63, 3.8) is 0 Å². The summed E-state index contributed by atoms with van der Waals surface area (Å²) in [6.45, 7) is 6.88. The summed E-state index contributed by atoms with van der Waals surface area (Å²) in [5.74, 6) is -35.0. The molecule has 0 spiro atoms. The van der Waals surface area contributed by atoms with Crippen LogP contribution in [0.3, 0.4) is 0 Å². The predicted molar refractivity (Wildman–Crippen MR) is 202 cm³/mol. The lowest BCUT2D eigenvalue weighted by molar-refractivity contribution is -0.223. The number of ketones is 17. The first-order chi connectivity index (χ1) is 26.4. The Balaban J connectivity index is 12.1. The quantitative estimate of drug-likeness (QED) is 0.125. The smallest absolute Gasteiger partial charge is 0.165 e. The second-order valence-electron chi connectivity index (χ2n) is 15.3. The molecule has 0 aromatic rings. The molecule has 0 radical (unpaired) electrons. The first-order valence-electron chi connectivity index (χ1n) is 18.1. The molecule has 0 heterocycles. The van der Waals surface area contributed by atoms with E-state index in [1.165, 1.54) is 0 Å². The summed E-state index contributed by atoms with van der Waals surface area (Å²) in [4.78, 5) is 250. The molecule has 0 rings (SSSR count). The third-order valence-corrected chi connectivity index (χ3v) is 12.6. The van der Waals surface area contributed by atoms with Crippen molar-refractivity contribution in [2.24, 2.45) is 43.8 Å². The molecule has 0 bridgehead atoms. The third kappa shape index (κ3) is 5.73. The van der Waals surface area contributed by atoms with Gasteiger partial charge in [-0.25, -0.2) is 0 Å². The molecule has 0 saturated heterocycles. The van der Waals surface area contributed by atoms with E-state index in [0.29, 0.717) is 118 Å². The highest BCUT2D eigenvalue weighted by molar-refractivity contribution is 6.39. The van der Waals surface area contributed by atoms with Crippen LogP contribution < -0.4 is 0 Å². The third-order valence-electron chi connectivity index (χ3n) is 12.6. The molecule has 0 saturated carbocycles. The van der Waals surface area contributed by atoms with Gasteiger partial charge >= 0.3 is 0 Å². The van der Waals surface area contributed by atoms with Crippen LogP contribution in [0.25, 0.3) is 0 Å². The van der Waals surface area contributed by atoms with Gasteiger partial charge in [0.15, 0.2) is 22.8 Å². The number of carbonyl (C=O) groups is 17. The Bertz CT molecular complexity index is 1950. The predicted octanol–water partition coefficient (Wildman–Crippen LogP) is 1.52. The van der Waals surface area contributed by atoms with E-state index in [1.54, 1.807) is 0 Å². The van der Waals surface area contributed by atoms with E-state index >= 15 is 38.4 Å². The van der Waals surface area contributed by atoms with Crippen molar-refractivity contribution >= 4 is 98.3 Å². The largest absolute Gasteiger partial charge is 0.299 e. The van der Waals surface area contributed by atoms with E-state index in [0.717, 1.165) is 0 Å². The second-order valence-corrected chi connectivity index (χ2v) is 15.3. The molecule has 59 heavy (non-hydrogen) atoms. The Hall–Kier alpha value is -5.61. The molecule has 0 aliphatic heterocycles. The van der Waals surface area contributed by atoms with Gasteiger partial charge in [-0.15, -0.1) is 0 Å². The van der Waals surface area contributed by atoms with Crippen molar-refractivity contribution in [1.82, 2.24) is 0 Å². The molecule has 0 aromatic carbocycles. The zero-order chi connectivity index (χ0) is 47.9. The number of rotatable bonds is 24. The number of hydrogen-bond acceptors (Lipinski definition) is 17. The standard InChI is InChI=1S/C42H52O17/c1-18(43)35(19(2)44)37(23(6)48,24(7)49)39(27(10)52,28(11)53)41(31(14)56,32(15)57)42(33(16)58,34(17)59)40(29(12)54,30(13)55)38(25(8)50,26(9)51)36(20(3)45,21(4)46)22(5)47/h35H,1-17H3. The molecule has 0 aromatic heterocycles. The maximum Gasteiger partial charge on any atom is 0.165 e. The summed E-state index contributed by atoms with van der Waals surface area (Å²) >= 11 is 0. The number of hydrogen-bond donors (Lipinski definition) is 0. The van der Waals surface area contributed by atoms with Crippen molar-refractivity contribution in [3.8, 4) is 0 Å². The number of Topliss-reactive ketones (excluding diaryl/α,β-unsaturated/α-hetero) is 17. The molecule has 0 unspecified atom stereocenters. The van der Waals surface area contributed by atoms with E-state index < -0.39 is 142 Å². The Morgan fingerprint density at radius 2 is 0.390 bits per heavy atom. The molecule has 0 atom stereocenters. The average molecular weight is 829 g/mol. The first-order valence-corrected chi connectivity index (χ1v) is 18.1. The monoisotopic (exact) mass is 828 g/mol. The molecular weight excluding hydrogens is 776 g/mol. The molecule has 0 amide bonds. The maximum atomic E-state index is 15.3. The summed E-state index contributed by atoms with van der Waals surface area (Å²) in [6, 6.07) is 0. The summed E-state index contributed by atoms with van der Waals surface area (Å²) in [5, 5.41) is 0. The Labute approximate surface area is 340 Å². The highest BCUT2D eigenvalue weighted by Gasteiger charge is 2.94. The first kappa shape index (κ1) is 53.4. The van der Waals surface area contributed by atoms with Crippen molar-refractivity contribution in [1.29, 1.82) is 0 Å². The van der Waals surface area contributed by atoms with Crippen LogP contribution in [0.15, 0.2) is 0 Å². The minimum Gasteiger partial charge on any atom is -0.299 e. The average Bonchev–Trinajstić information content (AvgIpc) is 3.01. The van der Waals surface area contributed by atoms with Gasteiger partial charge in [0.05, 0.1) is 5.92 Å². The summed E-state index contributed by atoms with van der Waals surface area (Å²) in [6.07, 6.45) is 0. The Morgan fingerprint density at radius 1 is 0.220 bits per heavy atom. The number of carbonyl (C=O) groups excluding carboxylic acids is 17. The summed E-state index contributed by atoms with van der Waals surface area (Å²) in [5.41, 5.74) is -30.4. The fraction of sp³-hybridized carbons (Fsp3) is 0.595. The van der Waals surface area contributed by atoms with Gasteiger partial charge in [0.2, 0.25) is 0 Å². The van der Waals surface area contributed by atoms with Crippen molar-refractivity contribution in [3.05, 3.63) is 0 Å². The van der Waals surface area contributed by atoms with Gasteiger partial charge in [-0.1, -0.05) is 0 Å². The van der Waals surface area contributed by atoms with Gasteiger partial charge < -0.3 is 0 Å². The van der Waals surface area contributed by atoms with E-state index in [2.05, 4.69) is 0 Å². The summed E-state index contributed by atoms with van der Waals surface area (Å²) < 4.78 is 0. The van der Waals surface area contributed by atoms with Crippen LogP contribution in [0.1, 0.15) is 118 Å². The van der Waals surface area contributed by atoms with E-state index in [4.69, 9.17) is 0 Å². The van der Waals surface area contributed by atoms with Crippen LogP contribution in [0.4, 0.5) is 0 Å². The van der Waals surface area contributed by atoms with Crippen LogP contribution in [-0.4, -0.2) is 98.3 Å². The van der Waals surface area contributed by atoms with Crippen LogP contribution in [-0.2, 0) is 81.5 Å². The van der Waals surface area contributed by atoms with Crippen LogP contribution in [0.2, 0.25) is 0 Å². The van der Waals surface area contributed by atoms with E-state index in [9.17, 15) is 43.2 Å². The SMILES string of the molecule is CC(=O)C(C(C)=O)C(C(C)=O)(C(C)=O)C(C(C)=O)(C(C)=O)C(C(C)=O)(C(C)=O)C(C(C)=O)(C(C)=O)C(C(C)=O)(C(C)=O)C(C(C)=O)(C(C)=O)C(C(C)=O)(C(C)=O)C(C)=O. The van der Waals surface area contributed by atoms with Crippen LogP contribution in [0, 0.1) is 43.8 Å². The van der Waals surface area contributed by atoms with Crippen LogP contribution in [0.5, 0.6) is 0 Å². The minimum absolute atomic E-state index is 0.298. The van der Waals surface area contributed by atoms with Crippen LogP contribution >= 0.6 is 0 Å². The molecule has 17 heteroatoms. The second kappa shape index (κ2) is 16.9. The zero-order valence-electron chi connectivity index (χ0n) is 36.5. The van der Waals surface area contributed by atoms with Gasteiger partial charge in [-0.2, -0.15) is 0 Å². The molecule has 322 valence electrons. The van der Waals surface area contributed by atoms with Gasteiger partial charge in [0.1, 0.15) is 113 Å². The molecule has 0 fully saturated rings. The van der Waals surface area contributed by atoms with E-state index in [-0.39, 0.29) is 0 Å². The lowest BCUT2D eigenvalue weighted by Gasteiger charge is -2.66. The lowest BCUT2D eigenvalue weighted by atomic mass is 9.26. The molecular formula is C42H52O17.